The summed E-state index contributed by atoms with van der Waals surface area (Å²) in [6, 6.07) is 5.70. The minimum Gasteiger partial charge on any atom is -0.341 e. The van der Waals surface area contributed by atoms with E-state index >= 15 is 0 Å². The monoisotopic (exact) mass is 344 g/mol. The number of piperidine rings is 1. The van der Waals surface area contributed by atoms with Crippen LogP contribution in [0, 0.1) is 0 Å². The summed E-state index contributed by atoms with van der Waals surface area (Å²) in [5.41, 5.74) is 0.449. The topological polar surface area (TPSA) is 57.7 Å². The predicted molar refractivity (Wildman–Crippen MR) is 88.7 cm³/mol. The molecule has 0 saturated carbocycles. The van der Waals surface area contributed by atoms with Crippen molar-refractivity contribution in [3.63, 3.8) is 0 Å². The summed E-state index contributed by atoms with van der Waals surface area (Å²) >= 11 is 5.85. The van der Waals surface area contributed by atoms with Crippen LogP contribution < -0.4 is 4.31 Å². The van der Waals surface area contributed by atoms with Gasteiger partial charge in [0.25, 0.3) is 0 Å². The number of likely N-dealkylation sites (tertiary alicyclic amines) is 1. The van der Waals surface area contributed by atoms with Crippen LogP contribution in [0.4, 0.5) is 5.69 Å². The van der Waals surface area contributed by atoms with E-state index in [1.54, 1.807) is 36.1 Å². The molecule has 7 heteroatoms. The standard InChI is InChI=1S/C15H21ClN2O3S/c1-12(15(19)17-10-4-3-5-11-17)18(22(2,20)21)14-8-6-13(16)7-9-14/h6-9,12H,3-5,10-11H2,1-2H3. The van der Waals surface area contributed by atoms with Crippen molar-refractivity contribution in [2.75, 3.05) is 23.7 Å². The molecule has 1 aliphatic rings. The first-order chi connectivity index (χ1) is 10.3. The number of sulfonamides is 1. The highest BCUT2D eigenvalue weighted by Gasteiger charge is 2.32. The number of nitrogens with zero attached hydrogens (tertiary/aromatic N) is 2. The van der Waals surface area contributed by atoms with Gasteiger partial charge in [-0.2, -0.15) is 0 Å². The quantitative estimate of drug-likeness (QED) is 0.843. The van der Waals surface area contributed by atoms with Crippen molar-refractivity contribution in [3.05, 3.63) is 29.3 Å². The van der Waals surface area contributed by atoms with Crippen LogP contribution in [0.5, 0.6) is 0 Å². The van der Waals surface area contributed by atoms with Gasteiger partial charge < -0.3 is 4.90 Å². The fraction of sp³-hybridized carbons (Fsp3) is 0.533. The zero-order valence-electron chi connectivity index (χ0n) is 12.8. The Morgan fingerprint density at radius 2 is 1.73 bits per heavy atom. The third-order valence-electron chi connectivity index (χ3n) is 3.82. The Kier molecular flexibility index (Phi) is 5.34. The number of anilines is 1. The minimum absolute atomic E-state index is 0.153. The van der Waals surface area contributed by atoms with Crippen LogP contribution in [0.3, 0.4) is 0 Å². The van der Waals surface area contributed by atoms with E-state index in [4.69, 9.17) is 11.6 Å². The molecule has 122 valence electrons. The summed E-state index contributed by atoms with van der Waals surface area (Å²) in [4.78, 5) is 14.4. The molecule has 0 radical (unpaired) electrons. The molecular weight excluding hydrogens is 324 g/mol. The summed E-state index contributed by atoms with van der Waals surface area (Å²) in [5.74, 6) is -0.153. The SMILES string of the molecule is CC(C(=O)N1CCCCC1)N(c1ccc(Cl)cc1)S(C)(=O)=O. The molecule has 0 N–H and O–H groups in total. The van der Waals surface area contributed by atoms with Crippen molar-refractivity contribution >= 4 is 33.2 Å². The van der Waals surface area contributed by atoms with Gasteiger partial charge in [-0.3, -0.25) is 9.10 Å². The fourth-order valence-electron chi connectivity index (χ4n) is 2.77. The van der Waals surface area contributed by atoms with Gasteiger partial charge in [-0.25, -0.2) is 8.42 Å². The van der Waals surface area contributed by atoms with Gasteiger partial charge in [0.2, 0.25) is 15.9 Å². The molecule has 22 heavy (non-hydrogen) atoms. The summed E-state index contributed by atoms with van der Waals surface area (Å²) in [7, 11) is -3.57. The van der Waals surface area contributed by atoms with Crippen molar-refractivity contribution in [1.29, 1.82) is 0 Å². The van der Waals surface area contributed by atoms with Gasteiger partial charge in [0.1, 0.15) is 6.04 Å². The van der Waals surface area contributed by atoms with E-state index in [0.717, 1.165) is 25.5 Å². The van der Waals surface area contributed by atoms with Crippen LogP contribution in [0.15, 0.2) is 24.3 Å². The van der Waals surface area contributed by atoms with Gasteiger partial charge in [0.05, 0.1) is 11.9 Å². The Labute approximate surface area is 136 Å². The van der Waals surface area contributed by atoms with Crippen molar-refractivity contribution < 1.29 is 13.2 Å². The maximum atomic E-state index is 12.6. The van der Waals surface area contributed by atoms with Crippen LogP contribution >= 0.6 is 11.6 Å². The Hall–Kier alpha value is -1.27. The summed E-state index contributed by atoms with van der Waals surface area (Å²) < 4.78 is 25.5. The molecular formula is C15H21ClN2O3S. The Bertz CT molecular complexity index is 625. The predicted octanol–water partition coefficient (Wildman–Crippen LogP) is 2.51. The first-order valence-electron chi connectivity index (χ1n) is 7.34. The van der Waals surface area contributed by atoms with Crippen LogP contribution in [0.2, 0.25) is 5.02 Å². The molecule has 1 fully saturated rings. The van der Waals surface area contributed by atoms with Gasteiger partial charge in [0, 0.05) is 18.1 Å². The number of carbonyl (C=O) groups excluding carboxylic acids is 1. The number of hydrogen-bond acceptors (Lipinski definition) is 3. The summed E-state index contributed by atoms with van der Waals surface area (Å²) in [5, 5.41) is 0.521. The molecule has 1 aromatic rings. The van der Waals surface area contributed by atoms with Gasteiger partial charge in [0.15, 0.2) is 0 Å². The van der Waals surface area contributed by atoms with Crippen molar-refractivity contribution in [2.45, 2.75) is 32.2 Å². The molecule has 0 aromatic heterocycles. The Morgan fingerprint density at radius 1 is 1.18 bits per heavy atom. The second-order valence-electron chi connectivity index (χ2n) is 5.60. The average molecular weight is 345 g/mol. The molecule has 1 heterocycles. The highest BCUT2D eigenvalue weighted by Crippen LogP contribution is 2.24. The molecule has 0 aliphatic carbocycles. The van der Waals surface area contributed by atoms with Gasteiger partial charge in [-0.15, -0.1) is 0 Å². The highest BCUT2D eigenvalue weighted by atomic mass is 35.5. The van der Waals surface area contributed by atoms with Crippen LogP contribution in [-0.2, 0) is 14.8 Å². The number of benzene rings is 1. The smallest absolute Gasteiger partial charge is 0.246 e. The first kappa shape index (κ1) is 17.1. The van der Waals surface area contributed by atoms with E-state index in [2.05, 4.69) is 0 Å². The van der Waals surface area contributed by atoms with Gasteiger partial charge in [-0.05, 0) is 50.5 Å². The normalized spacial score (nSPS) is 17.1. The number of halogens is 1. The third kappa shape index (κ3) is 3.93. The zero-order chi connectivity index (χ0) is 16.3. The fourth-order valence-corrected chi connectivity index (χ4v) is 4.06. The number of hydrogen-bond donors (Lipinski definition) is 0. The van der Waals surface area contributed by atoms with Gasteiger partial charge in [-0.1, -0.05) is 11.6 Å². The lowest BCUT2D eigenvalue weighted by atomic mass is 10.1. The van der Waals surface area contributed by atoms with E-state index in [-0.39, 0.29) is 5.91 Å². The molecule has 0 bridgehead atoms. The van der Waals surface area contributed by atoms with E-state index in [1.165, 1.54) is 4.31 Å². The minimum atomic E-state index is -3.57. The maximum absolute atomic E-state index is 12.6. The number of rotatable bonds is 4. The number of amides is 1. The van der Waals surface area contributed by atoms with Crippen molar-refractivity contribution in [2.24, 2.45) is 0 Å². The molecule has 1 unspecified atom stereocenters. The lowest BCUT2D eigenvalue weighted by Crippen LogP contribution is -2.50. The largest absolute Gasteiger partial charge is 0.341 e. The molecule has 2 rings (SSSR count). The van der Waals surface area contributed by atoms with E-state index < -0.39 is 16.1 Å². The second-order valence-corrected chi connectivity index (χ2v) is 7.89. The van der Waals surface area contributed by atoms with E-state index in [1.807, 2.05) is 0 Å². The van der Waals surface area contributed by atoms with Gasteiger partial charge >= 0.3 is 0 Å². The van der Waals surface area contributed by atoms with Crippen molar-refractivity contribution in [1.82, 2.24) is 4.90 Å². The van der Waals surface area contributed by atoms with E-state index in [9.17, 15) is 13.2 Å². The first-order valence-corrected chi connectivity index (χ1v) is 9.57. The average Bonchev–Trinajstić information content (AvgIpc) is 2.48. The zero-order valence-corrected chi connectivity index (χ0v) is 14.4. The molecule has 1 amide bonds. The van der Waals surface area contributed by atoms with Crippen molar-refractivity contribution in [3.8, 4) is 0 Å². The van der Waals surface area contributed by atoms with E-state index in [0.29, 0.717) is 23.8 Å². The molecule has 0 spiro atoms. The maximum Gasteiger partial charge on any atom is 0.246 e. The van der Waals surface area contributed by atoms with Crippen LogP contribution in [0.1, 0.15) is 26.2 Å². The second kappa shape index (κ2) is 6.87. The number of carbonyl (C=O) groups is 1. The highest BCUT2D eigenvalue weighted by molar-refractivity contribution is 7.92. The van der Waals surface area contributed by atoms with Crippen LogP contribution in [0.25, 0.3) is 0 Å². The Morgan fingerprint density at radius 3 is 2.23 bits per heavy atom. The third-order valence-corrected chi connectivity index (χ3v) is 5.31. The lowest BCUT2D eigenvalue weighted by molar-refractivity contribution is -0.132. The molecule has 1 aliphatic heterocycles. The molecule has 5 nitrogen and oxygen atoms in total. The molecule has 1 atom stereocenters. The molecule has 1 saturated heterocycles. The summed E-state index contributed by atoms with van der Waals surface area (Å²) in [6.07, 6.45) is 4.17. The molecule has 1 aromatic carbocycles. The van der Waals surface area contributed by atoms with Crippen LogP contribution in [-0.4, -0.2) is 44.6 Å². The summed E-state index contributed by atoms with van der Waals surface area (Å²) in [6.45, 7) is 3.02. The lowest BCUT2D eigenvalue weighted by Gasteiger charge is -2.34. The Balaban J connectivity index is 2.29.